The zero-order valence-electron chi connectivity index (χ0n) is 6.90. The van der Waals surface area contributed by atoms with Gasteiger partial charge in [0.2, 0.25) is 0 Å². The molecule has 1 aliphatic heterocycles. The number of ether oxygens (including phenoxy) is 1. The highest BCUT2D eigenvalue weighted by Crippen LogP contribution is 2.49. The SMILES string of the molecule is CC1(C)COCC1(O)C(F)(F)Br. The third-order valence-corrected chi connectivity index (χ3v) is 3.02. The van der Waals surface area contributed by atoms with E-state index in [1.807, 2.05) is 0 Å². The van der Waals surface area contributed by atoms with Crippen LogP contribution in [0.2, 0.25) is 0 Å². The maximum Gasteiger partial charge on any atom is 0.332 e. The van der Waals surface area contributed by atoms with E-state index in [1.165, 1.54) is 0 Å². The Kier molecular flexibility index (Phi) is 2.26. The largest absolute Gasteiger partial charge is 0.380 e. The minimum Gasteiger partial charge on any atom is -0.380 e. The van der Waals surface area contributed by atoms with Crippen LogP contribution in [-0.2, 0) is 4.74 Å². The number of alkyl halides is 3. The minimum absolute atomic E-state index is 0.144. The maximum atomic E-state index is 12.9. The van der Waals surface area contributed by atoms with Crippen molar-refractivity contribution in [3.05, 3.63) is 0 Å². The first kappa shape index (κ1) is 10.3. The lowest BCUT2D eigenvalue weighted by molar-refractivity contribution is -0.158. The van der Waals surface area contributed by atoms with E-state index >= 15 is 0 Å². The van der Waals surface area contributed by atoms with Crippen LogP contribution in [0.4, 0.5) is 8.78 Å². The summed E-state index contributed by atoms with van der Waals surface area (Å²) in [4.78, 5) is -3.31. The highest BCUT2D eigenvalue weighted by atomic mass is 79.9. The molecule has 0 spiro atoms. The van der Waals surface area contributed by atoms with Gasteiger partial charge in [0.25, 0.3) is 0 Å². The molecular weight excluding hydrogens is 234 g/mol. The van der Waals surface area contributed by atoms with Crippen molar-refractivity contribution in [2.75, 3.05) is 13.2 Å². The molecule has 1 N–H and O–H groups in total. The van der Waals surface area contributed by atoms with Crippen LogP contribution >= 0.6 is 15.9 Å². The second kappa shape index (κ2) is 2.62. The molecule has 1 aliphatic rings. The molecule has 0 bridgehead atoms. The van der Waals surface area contributed by atoms with E-state index in [0.717, 1.165) is 0 Å². The van der Waals surface area contributed by atoms with Crippen molar-refractivity contribution < 1.29 is 18.6 Å². The van der Waals surface area contributed by atoms with Gasteiger partial charge in [0, 0.05) is 5.41 Å². The lowest BCUT2D eigenvalue weighted by atomic mass is 9.78. The molecule has 12 heavy (non-hydrogen) atoms. The van der Waals surface area contributed by atoms with Gasteiger partial charge >= 0.3 is 4.83 Å². The molecule has 1 heterocycles. The van der Waals surface area contributed by atoms with E-state index < -0.39 is 15.8 Å². The minimum atomic E-state index is -3.31. The van der Waals surface area contributed by atoms with Crippen LogP contribution in [0, 0.1) is 5.41 Å². The molecule has 0 aliphatic carbocycles. The van der Waals surface area contributed by atoms with Crippen LogP contribution in [0.15, 0.2) is 0 Å². The standard InChI is InChI=1S/C7H11BrF2O2/c1-5(2)3-12-4-6(5,11)7(8,9)10/h11H,3-4H2,1-2H3. The van der Waals surface area contributed by atoms with Gasteiger partial charge in [0.1, 0.15) is 0 Å². The monoisotopic (exact) mass is 244 g/mol. The molecule has 5 heteroatoms. The Labute approximate surface area is 78.0 Å². The average molecular weight is 245 g/mol. The highest BCUT2D eigenvalue weighted by molar-refractivity contribution is 9.10. The van der Waals surface area contributed by atoms with Crippen molar-refractivity contribution in [1.82, 2.24) is 0 Å². The van der Waals surface area contributed by atoms with Gasteiger partial charge in [0.15, 0.2) is 5.60 Å². The van der Waals surface area contributed by atoms with Crippen LogP contribution in [0.25, 0.3) is 0 Å². The van der Waals surface area contributed by atoms with Crippen molar-refractivity contribution in [3.63, 3.8) is 0 Å². The fraction of sp³-hybridized carbons (Fsp3) is 1.00. The molecule has 0 aromatic heterocycles. The second-order valence-corrected chi connectivity index (χ2v) is 4.73. The Bertz CT molecular complexity index is 190. The first-order chi connectivity index (χ1) is 5.21. The predicted octanol–water partition coefficient (Wildman–Crippen LogP) is 1.76. The molecule has 0 aromatic carbocycles. The molecule has 0 aromatic rings. The van der Waals surface area contributed by atoms with Crippen molar-refractivity contribution in [1.29, 1.82) is 0 Å². The van der Waals surface area contributed by atoms with Crippen LogP contribution in [0.3, 0.4) is 0 Å². The van der Waals surface area contributed by atoms with Gasteiger partial charge in [-0.3, -0.25) is 0 Å². The molecule has 0 radical (unpaired) electrons. The lowest BCUT2D eigenvalue weighted by Gasteiger charge is -2.37. The summed E-state index contributed by atoms with van der Waals surface area (Å²) in [7, 11) is 0. The van der Waals surface area contributed by atoms with Gasteiger partial charge in [-0.2, -0.15) is 8.78 Å². The molecule has 1 atom stereocenters. The Hall–Kier alpha value is 0.260. The van der Waals surface area contributed by atoms with E-state index in [0.29, 0.717) is 0 Å². The van der Waals surface area contributed by atoms with Crippen molar-refractivity contribution >= 4 is 15.9 Å². The smallest absolute Gasteiger partial charge is 0.332 e. The third-order valence-electron chi connectivity index (χ3n) is 2.36. The van der Waals surface area contributed by atoms with Gasteiger partial charge < -0.3 is 9.84 Å². The second-order valence-electron chi connectivity index (χ2n) is 3.73. The molecule has 72 valence electrons. The summed E-state index contributed by atoms with van der Waals surface area (Å²) >= 11 is 2.17. The number of aliphatic hydroxyl groups is 1. The fourth-order valence-electron chi connectivity index (χ4n) is 1.23. The van der Waals surface area contributed by atoms with E-state index in [4.69, 9.17) is 4.74 Å². The van der Waals surface area contributed by atoms with Gasteiger partial charge in [-0.15, -0.1) is 0 Å². The number of rotatable bonds is 1. The van der Waals surface area contributed by atoms with Crippen LogP contribution in [0.5, 0.6) is 0 Å². The topological polar surface area (TPSA) is 29.5 Å². The molecule has 1 rings (SSSR count). The third kappa shape index (κ3) is 1.28. The summed E-state index contributed by atoms with van der Waals surface area (Å²) in [5, 5.41) is 9.63. The van der Waals surface area contributed by atoms with E-state index in [9.17, 15) is 13.9 Å². The summed E-state index contributed by atoms with van der Waals surface area (Å²) in [5.74, 6) is 0. The quantitative estimate of drug-likeness (QED) is 0.713. The number of halogens is 3. The lowest BCUT2D eigenvalue weighted by Crippen LogP contribution is -2.54. The molecule has 0 amide bonds. The zero-order valence-corrected chi connectivity index (χ0v) is 8.49. The molecule has 1 fully saturated rings. The Balaban J connectivity index is 2.98. The average Bonchev–Trinajstić information content (AvgIpc) is 2.07. The first-order valence-electron chi connectivity index (χ1n) is 3.58. The number of hydrogen-bond acceptors (Lipinski definition) is 2. The summed E-state index contributed by atoms with van der Waals surface area (Å²) in [6.07, 6.45) is 0. The zero-order chi connectivity index (χ0) is 9.62. The van der Waals surface area contributed by atoms with E-state index in [1.54, 1.807) is 13.8 Å². The van der Waals surface area contributed by atoms with Gasteiger partial charge in [-0.1, -0.05) is 13.8 Å². The molecule has 2 nitrogen and oxygen atoms in total. The normalized spacial score (nSPS) is 35.5. The Morgan fingerprint density at radius 3 is 2.08 bits per heavy atom. The van der Waals surface area contributed by atoms with Crippen LogP contribution < -0.4 is 0 Å². The van der Waals surface area contributed by atoms with Gasteiger partial charge in [-0.25, -0.2) is 0 Å². The summed E-state index contributed by atoms with van der Waals surface area (Å²) in [6.45, 7) is 2.91. The van der Waals surface area contributed by atoms with Gasteiger partial charge in [0.05, 0.1) is 13.2 Å². The predicted molar refractivity (Wildman–Crippen MR) is 43.4 cm³/mol. The summed E-state index contributed by atoms with van der Waals surface area (Å²) in [6, 6.07) is 0. The fourth-order valence-corrected chi connectivity index (χ4v) is 1.89. The van der Waals surface area contributed by atoms with Crippen molar-refractivity contribution in [2.24, 2.45) is 5.41 Å². The highest BCUT2D eigenvalue weighted by Gasteiger charge is 2.63. The van der Waals surface area contributed by atoms with E-state index in [-0.39, 0.29) is 13.2 Å². The van der Waals surface area contributed by atoms with Crippen molar-refractivity contribution in [3.8, 4) is 0 Å². The Morgan fingerprint density at radius 2 is 1.92 bits per heavy atom. The van der Waals surface area contributed by atoms with E-state index in [2.05, 4.69) is 15.9 Å². The number of hydrogen-bond donors (Lipinski definition) is 1. The first-order valence-corrected chi connectivity index (χ1v) is 4.37. The summed E-state index contributed by atoms with van der Waals surface area (Å²) < 4.78 is 30.6. The summed E-state index contributed by atoms with van der Waals surface area (Å²) in [5.41, 5.74) is -3.04. The van der Waals surface area contributed by atoms with Crippen molar-refractivity contribution in [2.45, 2.75) is 24.3 Å². The van der Waals surface area contributed by atoms with Gasteiger partial charge in [-0.05, 0) is 15.9 Å². The molecule has 1 unspecified atom stereocenters. The Morgan fingerprint density at radius 1 is 1.42 bits per heavy atom. The molecule has 0 saturated carbocycles. The maximum absolute atomic E-state index is 12.9. The van der Waals surface area contributed by atoms with Crippen LogP contribution in [0.1, 0.15) is 13.8 Å². The molecular formula is C7H11BrF2O2. The molecule has 1 saturated heterocycles. The van der Waals surface area contributed by atoms with Crippen LogP contribution in [-0.4, -0.2) is 28.8 Å².